The third-order valence-corrected chi connectivity index (χ3v) is 4.80. The molecule has 0 saturated heterocycles. The number of amides is 1. The van der Waals surface area contributed by atoms with Gasteiger partial charge in [-0.1, -0.05) is 23.4 Å². The Morgan fingerprint density at radius 2 is 2.17 bits per heavy atom. The molecule has 1 aliphatic rings. The highest BCUT2D eigenvalue weighted by Gasteiger charge is 2.27. The second kappa shape index (κ2) is 7.31. The summed E-state index contributed by atoms with van der Waals surface area (Å²) in [6.07, 6.45) is 2.12. The highest BCUT2D eigenvalue weighted by atomic mass is 35.5. The fourth-order valence-electron chi connectivity index (χ4n) is 1.92. The van der Waals surface area contributed by atoms with E-state index in [1.165, 1.54) is 16.4 Å². The van der Waals surface area contributed by atoms with Gasteiger partial charge in [0.25, 0.3) is 0 Å². The van der Waals surface area contributed by atoms with Crippen molar-refractivity contribution in [3.05, 3.63) is 35.1 Å². The molecule has 1 aliphatic carbocycles. The van der Waals surface area contributed by atoms with Crippen LogP contribution in [0.1, 0.15) is 25.6 Å². The Balaban J connectivity index is 1.56. The van der Waals surface area contributed by atoms with Crippen LogP contribution < -0.4 is 15.9 Å². The molecule has 1 amide bonds. The van der Waals surface area contributed by atoms with Crippen molar-refractivity contribution in [3.8, 4) is 5.75 Å². The standard InChI is InChI=1S/C15H18ClN5O2S/c1-9(14(22)18-11-4-5-11)24-15-20-19-13(21(15)17)8-23-12-6-2-10(16)3-7-12/h2-3,6-7,9,11H,4-5,8,17H2,1H3,(H,18,22)/t9-/m1/s1. The SMILES string of the molecule is C[C@@H](Sc1nnc(COc2ccc(Cl)cc2)n1N)C(=O)NC1CC1. The van der Waals surface area contributed by atoms with E-state index in [0.29, 0.717) is 27.8 Å². The zero-order valence-corrected chi connectivity index (χ0v) is 14.7. The minimum absolute atomic E-state index is 0.00976. The van der Waals surface area contributed by atoms with Crippen LogP contribution >= 0.6 is 23.4 Å². The first-order valence-corrected chi connectivity index (χ1v) is 8.83. The van der Waals surface area contributed by atoms with Crippen LogP contribution in [-0.4, -0.2) is 32.1 Å². The Labute approximate surface area is 148 Å². The third-order valence-electron chi connectivity index (χ3n) is 3.49. The number of rotatable bonds is 7. The number of hydrogen-bond donors (Lipinski definition) is 2. The van der Waals surface area contributed by atoms with Crippen LogP contribution in [0.15, 0.2) is 29.4 Å². The average molecular weight is 368 g/mol. The smallest absolute Gasteiger partial charge is 0.233 e. The van der Waals surface area contributed by atoms with E-state index in [4.69, 9.17) is 22.2 Å². The maximum absolute atomic E-state index is 12.0. The molecule has 7 nitrogen and oxygen atoms in total. The van der Waals surface area contributed by atoms with Crippen molar-refractivity contribution in [3.63, 3.8) is 0 Å². The molecule has 1 aromatic heterocycles. The Morgan fingerprint density at radius 3 is 2.83 bits per heavy atom. The summed E-state index contributed by atoms with van der Waals surface area (Å²) in [5.41, 5.74) is 0. The van der Waals surface area contributed by atoms with Gasteiger partial charge in [0, 0.05) is 11.1 Å². The van der Waals surface area contributed by atoms with E-state index in [0.717, 1.165) is 12.8 Å². The zero-order valence-electron chi connectivity index (χ0n) is 13.1. The van der Waals surface area contributed by atoms with Gasteiger partial charge in [0.1, 0.15) is 12.4 Å². The largest absolute Gasteiger partial charge is 0.486 e. The van der Waals surface area contributed by atoms with Crippen LogP contribution in [0.5, 0.6) is 5.75 Å². The van der Waals surface area contributed by atoms with E-state index >= 15 is 0 Å². The summed E-state index contributed by atoms with van der Waals surface area (Å²) in [6.45, 7) is 2.00. The number of carbonyl (C=O) groups is 1. The topological polar surface area (TPSA) is 95.1 Å². The highest BCUT2D eigenvalue weighted by molar-refractivity contribution is 8.00. The predicted octanol–water partition coefficient (Wildman–Crippen LogP) is 1.98. The number of aromatic nitrogens is 3. The van der Waals surface area contributed by atoms with Gasteiger partial charge in [-0.15, -0.1) is 10.2 Å². The zero-order chi connectivity index (χ0) is 17.1. The molecule has 128 valence electrons. The van der Waals surface area contributed by atoms with Crippen LogP contribution in [0.25, 0.3) is 0 Å². The van der Waals surface area contributed by atoms with Gasteiger partial charge in [0.05, 0.1) is 5.25 Å². The van der Waals surface area contributed by atoms with Crippen LogP contribution in [-0.2, 0) is 11.4 Å². The van der Waals surface area contributed by atoms with Crippen molar-refractivity contribution in [2.75, 3.05) is 5.84 Å². The van der Waals surface area contributed by atoms with Gasteiger partial charge >= 0.3 is 0 Å². The molecule has 0 aliphatic heterocycles. The van der Waals surface area contributed by atoms with E-state index in [1.54, 1.807) is 24.3 Å². The molecular formula is C15H18ClN5O2S. The highest BCUT2D eigenvalue weighted by Crippen LogP contribution is 2.24. The quantitative estimate of drug-likeness (QED) is 0.574. The summed E-state index contributed by atoms with van der Waals surface area (Å²) in [6, 6.07) is 7.34. The van der Waals surface area contributed by atoms with Gasteiger partial charge in [0.2, 0.25) is 11.1 Å². The van der Waals surface area contributed by atoms with Crippen molar-refractivity contribution >= 4 is 29.3 Å². The molecule has 1 fully saturated rings. The first kappa shape index (κ1) is 16.9. The molecule has 1 saturated carbocycles. The van der Waals surface area contributed by atoms with Gasteiger partial charge in [0.15, 0.2) is 5.82 Å². The lowest BCUT2D eigenvalue weighted by molar-refractivity contribution is -0.120. The molecule has 24 heavy (non-hydrogen) atoms. The van der Waals surface area contributed by atoms with Gasteiger partial charge < -0.3 is 15.9 Å². The number of hydrogen-bond acceptors (Lipinski definition) is 6. The first-order chi connectivity index (χ1) is 11.5. The van der Waals surface area contributed by atoms with Crippen molar-refractivity contribution in [1.82, 2.24) is 20.2 Å². The lowest BCUT2D eigenvalue weighted by atomic mass is 10.3. The maximum Gasteiger partial charge on any atom is 0.233 e. The minimum Gasteiger partial charge on any atom is -0.486 e. The number of thioether (sulfide) groups is 1. The Morgan fingerprint density at radius 1 is 1.46 bits per heavy atom. The van der Waals surface area contributed by atoms with Gasteiger partial charge in [-0.3, -0.25) is 4.79 Å². The summed E-state index contributed by atoms with van der Waals surface area (Å²) >= 11 is 7.10. The third kappa shape index (κ3) is 4.33. The number of ether oxygens (including phenoxy) is 1. The lowest BCUT2D eigenvalue weighted by Crippen LogP contribution is -2.32. The molecule has 9 heteroatoms. The van der Waals surface area contributed by atoms with Crippen molar-refractivity contribution in [2.24, 2.45) is 0 Å². The summed E-state index contributed by atoms with van der Waals surface area (Å²) in [5.74, 6) is 7.12. The van der Waals surface area contributed by atoms with Gasteiger partial charge in [-0.2, -0.15) is 0 Å². The molecule has 0 radical (unpaired) electrons. The molecule has 3 rings (SSSR count). The Kier molecular flexibility index (Phi) is 5.15. The molecule has 3 N–H and O–H groups in total. The monoisotopic (exact) mass is 367 g/mol. The van der Waals surface area contributed by atoms with E-state index in [1.807, 2.05) is 6.92 Å². The number of halogens is 1. The average Bonchev–Trinajstić information content (AvgIpc) is 3.32. The Bertz CT molecular complexity index is 717. The minimum atomic E-state index is -0.290. The van der Waals surface area contributed by atoms with Crippen LogP contribution in [0.3, 0.4) is 0 Å². The molecule has 0 bridgehead atoms. The van der Waals surface area contributed by atoms with Gasteiger partial charge in [-0.05, 0) is 44.0 Å². The van der Waals surface area contributed by atoms with Crippen LogP contribution in [0, 0.1) is 0 Å². The first-order valence-electron chi connectivity index (χ1n) is 7.57. The van der Waals surface area contributed by atoms with E-state index in [-0.39, 0.29) is 17.8 Å². The summed E-state index contributed by atoms with van der Waals surface area (Å²) in [5, 5.41) is 11.8. The number of nitrogens with zero attached hydrogens (tertiary/aromatic N) is 3. The van der Waals surface area contributed by atoms with E-state index in [9.17, 15) is 4.79 Å². The molecular weight excluding hydrogens is 350 g/mol. The van der Waals surface area contributed by atoms with Crippen LogP contribution in [0.2, 0.25) is 5.02 Å². The number of benzene rings is 1. The van der Waals surface area contributed by atoms with Crippen LogP contribution in [0.4, 0.5) is 0 Å². The molecule has 1 aromatic carbocycles. The second-order valence-corrected chi connectivity index (χ2v) is 7.30. The Hall–Kier alpha value is -1.93. The summed E-state index contributed by atoms with van der Waals surface area (Å²) < 4.78 is 6.95. The molecule has 1 heterocycles. The van der Waals surface area contributed by atoms with Crippen molar-refractivity contribution in [1.29, 1.82) is 0 Å². The normalized spacial score (nSPS) is 15.1. The second-order valence-electron chi connectivity index (χ2n) is 5.55. The molecule has 2 aromatic rings. The molecule has 1 atom stereocenters. The number of nitrogen functional groups attached to an aromatic ring is 1. The maximum atomic E-state index is 12.0. The van der Waals surface area contributed by atoms with Gasteiger partial charge in [-0.25, -0.2) is 4.68 Å². The molecule has 0 unspecified atom stereocenters. The number of nitrogens with one attached hydrogen (secondary N) is 1. The number of carbonyl (C=O) groups excluding carboxylic acids is 1. The fraction of sp³-hybridized carbons (Fsp3) is 0.400. The van der Waals surface area contributed by atoms with Crippen molar-refractivity contribution in [2.45, 2.75) is 42.8 Å². The summed E-state index contributed by atoms with van der Waals surface area (Å²) in [7, 11) is 0. The number of nitrogens with two attached hydrogens (primary N) is 1. The van der Waals surface area contributed by atoms with E-state index < -0.39 is 0 Å². The lowest BCUT2D eigenvalue weighted by Gasteiger charge is -2.11. The predicted molar refractivity (Wildman–Crippen MR) is 92.4 cm³/mol. The molecule has 0 spiro atoms. The summed E-state index contributed by atoms with van der Waals surface area (Å²) in [4.78, 5) is 12.0. The van der Waals surface area contributed by atoms with Crippen molar-refractivity contribution < 1.29 is 9.53 Å². The van der Waals surface area contributed by atoms with E-state index in [2.05, 4.69) is 15.5 Å². The fourth-order valence-corrected chi connectivity index (χ4v) is 2.85.